The number of hydrogen-bond acceptors (Lipinski definition) is 1. The van der Waals surface area contributed by atoms with Gasteiger partial charge in [-0.15, -0.1) is 13.2 Å². The second-order valence-electron chi connectivity index (χ2n) is 2.52. The summed E-state index contributed by atoms with van der Waals surface area (Å²) in [6.07, 6.45) is -4.15. The maximum atomic E-state index is 11.6. The van der Waals surface area contributed by atoms with Crippen LogP contribution in [0, 0.1) is 12.0 Å². The molecule has 0 saturated heterocycles. The Kier molecular flexibility index (Phi) is 3.72. The molecule has 0 fully saturated rings. The smallest absolute Gasteiger partial charge is 0.141 e. The van der Waals surface area contributed by atoms with E-state index in [9.17, 15) is 13.2 Å². The molecule has 0 aromatic carbocycles. The van der Waals surface area contributed by atoms with Crippen molar-refractivity contribution in [2.24, 2.45) is 5.92 Å². The van der Waals surface area contributed by atoms with Crippen molar-refractivity contribution >= 4 is 0 Å². The minimum atomic E-state index is -4.53. The fourth-order valence-electron chi connectivity index (χ4n) is 0.747. The summed E-state index contributed by atoms with van der Waals surface area (Å²) in [6, 6.07) is 0. The third kappa shape index (κ3) is 4.95. The van der Waals surface area contributed by atoms with Gasteiger partial charge in [0, 0.05) is 0 Å². The van der Waals surface area contributed by atoms with Crippen LogP contribution in [0.2, 0.25) is 0 Å². The van der Waals surface area contributed by atoms with Gasteiger partial charge in [0.25, 0.3) is 6.10 Å². The third-order valence-electron chi connectivity index (χ3n) is 1.24. The second-order valence-corrected chi connectivity index (χ2v) is 2.52. The van der Waals surface area contributed by atoms with E-state index in [-0.39, 0.29) is 12.0 Å². The summed E-state index contributed by atoms with van der Waals surface area (Å²) in [7, 11) is 0. The van der Waals surface area contributed by atoms with Gasteiger partial charge < -0.3 is 0 Å². The fraction of sp³-hybridized carbons (Fsp3) is 0.857. The van der Waals surface area contributed by atoms with E-state index in [1.165, 1.54) is 0 Å². The maximum Gasteiger partial charge on any atom is 0.562 e. The first-order valence-corrected chi connectivity index (χ1v) is 3.48. The van der Waals surface area contributed by atoms with Crippen LogP contribution in [0.15, 0.2) is 0 Å². The van der Waals surface area contributed by atoms with Crippen molar-refractivity contribution < 1.29 is 17.9 Å². The Morgan fingerprint density at radius 3 is 1.91 bits per heavy atom. The number of halogens is 3. The van der Waals surface area contributed by atoms with E-state index in [0.717, 1.165) is 0 Å². The van der Waals surface area contributed by atoms with Crippen LogP contribution >= 0.6 is 0 Å². The molecule has 0 aliphatic heterocycles. The molecular weight excluding hydrogens is 157 g/mol. The Morgan fingerprint density at radius 2 is 1.82 bits per heavy atom. The van der Waals surface area contributed by atoms with Crippen LogP contribution in [0.4, 0.5) is 13.2 Å². The highest BCUT2D eigenvalue weighted by Crippen LogP contribution is 2.28. The normalized spacial score (nSPS) is 12.3. The van der Waals surface area contributed by atoms with Gasteiger partial charge in [0.1, 0.15) is 12.3 Å². The summed E-state index contributed by atoms with van der Waals surface area (Å²) in [6.45, 7) is 4.98. The highest BCUT2D eigenvalue weighted by molar-refractivity contribution is 4.80. The van der Waals surface area contributed by atoms with E-state index >= 15 is 0 Å². The van der Waals surface area contributed by atoms with Gasteiger partial charge in [-0.3, -0.25) is 0 Å². The Morgan fingerprint density at radius 1 is 1.36 bits per heavy atom. The minimum absolute atomic E-state index is 0.0810. The van der Waals surface area contributed by atoms with Crippen molar-refractivity contribution in [3.63, 3.8) is 0 Å². The van der Waals surface area contributed by atoms with Gasteiger partial charge in [0.15, 0.2) is 0 Å². The standard InChI is InChI=1S/C7H12F3O/c1-4-6(5(2)3)11-7(8,9)10/h5H,4H2,1-3H3/q+1. The number of ether oxygens (including phenoxy) is 1. The maximum absolute atomic E-state index is 11.6. The lowest BCUT2D eigenvalue weighted by Gasteiger charge is -2.07. The zero-order valence-electron chi connectivity index (χ0n) is 6.83. The van der Waals surface area contributed by atoms with Crippen LogP contribution in [0.5, 0.6) is 0 Å². The summed E-state index contributed by atoms with van der Waals surface area (Å²) < 4.78 is 38.6. The molecule has 0 saturated carbocycles. The van der Waals surface area contributed by atoms with Gasteiger partial charge in [-0.2, -0.15) is 0 Å². The Hall–Kier alpha value is -0.380. The van der Waals surface area contributed by atoms with E-state index in [1.807, 2.05) is 0 Å². The molecule has 11 heavy (non-hydrogen) atoms. The Labute approximate surface area is 64.5 Å². The lowest BCUT2D eigenvalue weighted by molar-refractivity contribution is -0.324. The predicted octanol–water partition coefficient (Wildman–Crippen LogP) is 3.12. The SMILES string of the molecule is CC[C+](OC(F)(F)F)C(C)C. The van der Waals surface area contributed by atoms with E-state index in [4.69, 9.17) is 0 Å². The van der Waals surface area contributed by atoms with Crippen molar-refractivity contribution in [2.75, 3.05) is 0 Å². The summed E-state index contributed by atoms with van der Waals surface area (Å²) in [5.74, 6) is -0.179. The Balaban J connectivity index is 3.88. The number of alkyl halides is 3. The molecule has 0 aliphatic carbocycles. The monoisotopic (exact) mass is 169 g/mol. The lowest BCUT2D eigenvalue weighted by Crippen LogP contribution is -2.20. The summed E-state index contributed by atoms with van der Waals surface area (Å²) in [5, 5.41) is 0. The largest absolute Gasteiger partial charge is 0.562 e. The van der Waals surface area contributed by atoms with Crippen molar-refractivity contribution in [1.29, 1.82) is 0 Å². The van der Waals surface area contributed by atoms with E-state index in [2.05, 4.69) is 4.74 Å². The molecule has 0 N–H and O–H groups in total. The highest BCUT2D eigenvalue weighted by Gasteiger charge is 2.42. The zero-order chi connectivity index (χ0) is 9.07. The molecule has 1 nitrogen and oxygen atoms in total. The summed E-state index contributed by atoms with van der Waals surface area (Å²) in [4.78, 5) is 0. The predicted molar refractivity (Wildman–Crippen MR) is 35.5 cm³/mol. The molecule has 0 aromatic rings. The molecule has 0 bridgehead atoms. The lowest BCUT2D eigenvalue weighted by atomic mass is 10.1. The first-order valence-electron chi connectivity index (χ1n) is 3.48. The van der Waals surface area contributed by atoms with Crippen LogP contribution in [0.25, 0.3) is 0 Å². The van der Waals surface area contributed by atoms with Gasteiger partial charge in [-0.05, 0) is 20.8 Å². The molecule has 0 heterocycles. The van der Waals surface area contributed by atoms with Crippen molar-refractivity contribution in [1.82, 2.24) is 0 Å². The minimum Gasteiger partial charge on any atom is -0.141 e. The second kappa shape index (κ2) is 3.85. The van der Waals surface area contributed by atoms with Crippen molar-refractivity contribution in [2.45, 2.75) is 33.6 Å². The molecule has 0 atom stereocenters. The molecule has 0 aromatic heterocycles. The summed E-state index contributed by atoms with van der Waals surface area (Å²) >= 11 is 0. The molecule has 0 radical (unpaired) electrons. The molecule has 4 heteroatoms. The summed E-state index contributed by atoms with van der Waals surface area (Å²) in [5.41, 5.74) is 0. The molecule has 66 valence electrons. The van der Waals surface area contributed by atoms with E-state index < -0.39 is 6.36 Å². The zero-order valence-corrected chi connectivity index (χ0v) is 6.83. The van der Waals surface area contributed by atoms with Crippen LogP contribution in [-0.4, -0.2) is 6.36 Å². The van der Waals surface area contributed by atoms with Crippen LogP contribution in [0.3, 0.4) is 0 Å². The highest BCUT2D eigenvalue weighted by atomic mass is 19.4. The fourth-order valence-corrected chi connectivity index (χ4v) is 0.747. The molecule has 0 rings (SSSR count). The van der Waals surface area contributed by atoms with Gasteiger partial charge in [-0.1, -0.05) is 4.74 Å². The van der Waals surface area contributed by atoms with Crippen LogP contribution in [0.1, 0.15) is 27.2 Å². The first kappa shape index (κ1) is 10.6. The molecular formula is C7H12F3O+. The molecule has 0 amide bonds. The van der Waals surface area contributed by atoms with Gasteiger partial charge in [0.05, 0.1) is 0 Å². The molecule has 0 spiro atoms. The number of rotatable bonds is 3. The van der Waals surface area contributed by atoms with Crippen molar-refractivity contribution in [3.8, 4) is 0 Å². The molecule has 0 unspecified atom stereocenters. The molecule has 0 aliphatic rings. The van der Waals surface area contributed by atoms with Crippen LogP contribution in [-0.2, 0) is 4.74 Å². The van der Waals surface area contributed by atoms with Gasteiger partial charge in [-0.25, -0.2) is 0 Å². The van der Waals surface area contributed by atoms with Gasteiger partial charge >= 0.3 is 6.36 Å². The van der Waals surface area contributed by atoms with E-state index in [1.54, 1.807) is 20.8 Å². The van der Waals surface area contributed by atoms with Crippen LogP contribution < -0.4 is 0 Å². The quantitative estimate of drug-likeness (QED) is 0.590. The Bertz CT molecular complexity index is 109. The van der Waals surface area contributed by atoms with Crippen molar-refractivity contribution in [3.05, 3.63) is 6.10 Å². The average Bonchev–Trinajstić information content (AvgIpc) is 1.80. The third-order valence-corrected chi connectivity index (χ3v) is 1.24. The van der Waals surface area contributed by atoms with Gasteiger partial charge in [0.2, 0.25) is 0 Å². The number of hydrogen-bond donors (Lipinski definition) is 0. The first-order chi connectivity index (χ1) is 4.87. The topological polar surface area (TPSA) is 9.23 Å². The van der Waals surface area contributed by atoms with E-state index in [0.29, 0.717) is 6.42 Å². The average molecular weight is 169 g/mol.